The predicted octanol–water partition coefficient (Wildman–Crippen LogP) is 2.75. The summed E-state index contributed by atoms with van der Waals surface area (Å²) in [7, 11) is 1.89. The number of anilines is 1. The second-order valence-corrected chi connectivity index (χ2v) is 7.87. The van der Waals surface area contributed by atoms with E-state index in [0.717, 1.165) is 22.0 Å². The van der Waals surface area contributed by atoms with Crippen molar-refractivity contribution in [2.45, 2.75) is 25.9 Å². The van der Waals surface area contributed by atoms with Gasteiger partial charge in [0.1, 0.15) is 5.82 Å². The normalized spacial score (nSPS) is 15.5. The molecule has 4 heterocycles. The summed E-state index contributed by atoms with van der Waals surface area (Å²) in [5, 5.41) is 8.32. The van der Waals surface area contributed by atoms with Crippen LogP contribution in [-0.4, -0.2) is 51.9 Å². The largest absolute Gasteiger partial charge is 0.348 e. The van der Waals surface area contributed by atoms with Crippen LogP contribution in [0.2, 0.25) is 0 Å². The number of nitrogens with one attached hydrogen (secondary N) is 2. The quantitative estimate of drug-likeness (QED) is 0.685. The van der Waals surface area contributed by atoms with Crippen LogP contribution in [0.4, 0.5) is 10.3 Å². The Balaban J connectivity index is 1.66. The number of likely N-dealkylation sites (N-methyl/N-ethyl adjacent to an activating group) is 1. The van der Waals surface area contributed by atoms with Gasteiger partial charge in [0.2, 0.25) is 5.95 Å². The fourth-order valence-corrected chi connectivity index (χ4v) is 4.13. The number of aromatic nitrogens is 3. The van der Waals surface area contributed by atoms with Crippen LogP contribution >= 0.6 is 11.3 Å². The molecule has 3 aromatic heterocycles. The van der Waals surface area contributed by atoms with Gasteiger partial charge in [-0.3, -0.25) is 9.78 Å². The summed E-state index contributed by atoms with van der Waals surface area (Å²) in [6.45, 7) is 5.17. The van der Waals surface area contributed by atoms with Gasteiger partial charge in [-0.15, -0.1) is 11.3 Å². The van der Waals surface area contributed by atoms with Crippen LogP contribution in [0, 0.1) is 12.7 Å². The maximum absolute atomic E-state index is 13.5. The third kappa shape index (κ3) is 3.43. The van der Waals surface area contributed by atoms with E-state index in [9.17, 15) is 9.18 Å². The van der Waals surface area contributed by atoms with Gasteiger partial charge in [0, 0.05) is 25.3 Å². The number of carbonyl (C=O) groups is 1. The first-order chi connectivity index (χ1) is 13.5. The van der Waals surface area contributed by atoms with Crippen molar-refractivity contribution in [3.8, 4) is 0 Å². The van der Waals surface area contributed by atoms with E-state index in [1.54, 1.807) is 11.1 Å². The van der Waals surface area contributed by atoms with Crippen LogP contribution in [0.5, 0.6) is 0 Å². The molecule has 2 N–H and O–H groups in total. The lowest BCUT2D eigenvalue weighted by Crippen LogP contribution is -2.59. The molecule has 1 atom stereocenters. The summed E-state index contributed by atoms with van der Waals surface area (Å²) < 4.78 is 14.3. The summed E-state index contributed by atoms with van der Waals surface area (Å²) >= 11 is 1.48. The van der Waals surface area contributed by atoms with E-state index in [1.165, 1.54) is 17.4 Å². The number of halogens is 1. The Morgan fingerprint density at radius 2 is 2.14 bits per heavy atom. The van der Waals surface area contributed by atoms with E-state index in [0.29, 0.717) is 36.3 Å². The fraction of sp³-hybridized carbons (Fsp3) is 0.368. The van der Waals surface area contributed by atoms with E-state index < -0.39 is 5.82 Å². The maximum atomic E-state index is 13.5. The second kappa shape index (κ2) is 7.40. The molecule has 0 bridgehead atoms. The zero-order chi connectivity index (χ0) is 19.8. The molecule has 0 saturated carbocycles. The number of fused-ring (bicyclic) bond motifs is 1. The van der Waals surface area contributed by atoms with Gasteiger partial charge in [0.15, 0.2) is 5.69 Å². The van der Waals surface area contributed by atoms with E-state index in [2.05, 4.69) is 25.6 Å². The van der Waals surface area contributed by atoms with Crippen LogP contribution in [0.15, 0.2) is 23.8 Å². The maximum Gasteiger partial charge on any atom is 0.274 e. The molecule has 4 rings (SSSR count). The van der Waals surface area contributed by atoms with Gasteiger partial charge in [-0.2, -0.15) is 0 Å². The van der Waals surface area contributed by atoms with Crippen molar-refractivity contribution >= 4 is 33.4 Å². The van der Waals surface area contributed by atoms with Crippen molar-refractivity contribution in [2.75, 3.05) is 25.5 Å². The number of hydrogen-bond acceptors (Lipinski definition) is 7. The minimum atomic E-state index is -0.399. The third-order valence-electron chi connectivity index (χ3n) is 4.94. The summed E-state index contributed by atoms with van der Waals surface area (Å²) in [6, 6.07) is 1.48. The Morgan fingerprint density at radius 3 is 2.86 bits per heavy atom. The van der Waals surface area contributed by atoms with Crippen molar-refractivity contribution in [1.29, 1.82) is 0 Å². The van der Waals surface area contributed by atoms with Crippen molar-refractivity contribution in [1.82, 2.24) is 25.2 Å². The van der Waals surface area contributed by atoms with Gasteiger partial charge >= 0.3 is 0 Å². The molecule has 7 nitrogen and oxygen atoms in total. The van der Waals surface area contributed by atoms with Gasteiger partial charge in [0.05, 0.1) is 22.5 Å². The molecule has 28 heavy (non-hydrogen) atoms. The SMILES string of the molecule is CNC1CN(C(=O)c2nc(NC(C)c3cncc(F)c3)nc3c(C)csc23)C1. The smallest absolute Gasteiger partial charge is 0.274 e. The van der Waals surface area contributed by atoms with Crippen molar-refractivity contribution < 1.29 is 9.18 Å². The minimum absolute atomic E-state index is 0.0936. The molecule has 3 aromatic rings. The molecule has 1 fully saturated rings. The average molecular weight is 400 g/mol. The summed E-state index contributed by atoms with van der Waals surface area (Å²) in [6.07, 6.45) is 2.76. The number of carbonyl (C=O) groups excluding carboxylic acids is 1. The van der Waals surface area contributed by atoms with E-state index in [-0.39, 0.29) is 11.9 Å². The Labute approximate surface area is 166 Å². The zero-order valence-electron chi connectivity index (χ0n) is 15.9. The van der Waals surface area contributed by atoms with E-state index >= 15 is 0 Å². The molecule has 9 heteroatoms. The van der Waals surface area contributed by atoms with Crippen molar-refractivity contribution in [2.24, 2.45) is 0 Å². The monoisotopic (exact) mass is 400 g/mol. The minimum Gasteiger partial charge on any atom is -0.348 e. The van der Waals surface area contributed by atoms with Crippen LogP contribution in [-0.2, 0) is 0 Å². The number of hydrogen-bond donors (Lipinski definition) is 2. The highest BCUT2D eigenvalue weighted by molar-refractivity contribution is 7.17. The zero-order valence-corrected chi connectivity index (χ0v) is 16.7. The molecule has 0 spiro atoms. The van der Waals surface area contributed by atoms with Crippen LogP contribution < -0.4 is 10.6 Å². The summed E-state index contributed by atoms with van der Waals surface area (Å²) in [5.74, 6) is -0.146. The first-order valence-electron chi connectivity index (χ1n) is 9.05. The number of amides is 1. The van der Waals surface area contributed by atoms with Gasteiger partial charge in [-0.1, -0.05) is 0 Å². The molecule has 1 unspecified atom stereocenters. The topological polar surface area (TPSA) is 83.0 Å². The third-order valence-corrected chi connectivity index (χ3v) is 6.04. The summed E-state index contributed by atoms with van der Waals surface area (Å²) in [4.78, 5) is 27.8. The van der Waals surface area contributed by atoms with Crippen molar-refractivity contribution in [3.63, 3.8) is 0 Å². The standard InChI is InChI=1S/C19H21FN6OS/c1-10-9-28-17-15(10)24-19(23-11(2)12-4-13(20)6-22-5-12)25-16(17)18(27)26-7-14(8-26)21-3/h4-6,9,11,14,21H,7-8H2,1-3H3,(H,23,24,25). The second-order valence-electron chi connectivity index (χ2n) is 6.99. The lowest BCUT2D eigenvalue weighted by molar-refractivity contribution is 0.0573. The van der Waals surface area contributed by atoms with Crippen LogP contribution in [0.3, 0.4) is 0 Å². The molecule has 0 radical (unpaired) electrons. The van der Waals surface area contributed by atoms with Crippen LogP contribution in [0.25, 0.3) is 10.2 Å². The fourth-order valence-electron chi connectivity index (χ4n) is 3.16. The van der Waals surface area contributed by atoms with Crippen molar-refractivity contribution in [3.05, 3.63) is 46.5 Å². The Morgan fingerprint density at radius 1 is 1.36 bits per heavy atom. The Kier molecular flexibility index (Phi) is 4.94. The van der Waals surface area contributed by atoms with E-state index in [1.807, 2.05) is 26.3 Å². The number of aryl methyl sites for hydroxylation is 1. The molecular formula is C19H21FN6OS. The predicted molar refractivity (Wildman–Crippen MR) is 107 cm³/mol. The van der Waals surface area contributed by atoms with Gasteiger partial charge in [0.25, 0.3) is 5.91 Å². The molecular weight excluding hydrogens is 379 g/mol. The first-order valence-corrected chi connectivity index (χ1v) is 9.93. The Hall–Kier alpha value is -2.65. The Bertz CT molecular complexity index is 1030. The van der Waals surface area contributed by atoms with E-state index in [4.69, 9.17) is 0 Å². The van der Waals surface area contributed by atoms with Gasteiger partial charge in [-0.25, -0.2) is 14.4 Å². The molecule has 1 amide bonds. The van der Waals surface area contributed by atoms with Gasteiger partial charge < -0.3 is 15.5 Å². The highest BCUT2D eigenvalue weighted by Gasteiger charge is 2.32. The number of thiophene rings is 1. The summed E-state index contributed by atoms with van der Waals surface area (Å²) in [5.41, 5.74) is 2.85. The lowest BCUT2D eigenvalue weighted by atomic mass is 10.1. The van der Waals surface area contributed by atoms with Gasteiger partial charge in [-0.05, 0) is 43.5 Å². The first kappa shape index (κ1) is 18.7. The van der Waals surface area contributed by atoms with Crippen LogP contribution in [0.1, 0.15) is 34.6 Å². The molecule has 1 saturated heterocycles. The number of nitrogens with zero attached hydrogens (tertiary/aromatic N) is 4. The molecule has 0 aromatic carbocycles. The number of pyridine rings is 1. The molecule has 146 valence electrons. The molecule has 1 aliphatic rings. The number of rotatable bonds is 5. The average Bonchev–Trinajstić information content (AvgIpc) is 3.01. The molecule has 0 aliphatic carbocycles. The lowest BCUT2D eigenvalue weighted by Gasteiger charge is -2.38. The number of likely N-dealkylation sites (tertiary alicyclic amines) is 1. The highest BCUT2D eigenvalue weighted by Crippen LogP contribution is 2.30. The highest BCUT2D eigenvalue weighted by atomic mass is 32.1. The molecule has 1 aliphatic heterocycles.